The summed E-state index contributed by atoms with van der Waals surface area (Å²) in [4.78, 5) is 12.4. The summed E-state index contributed by atoms with van der Waals surface area (Å²) in [5, 5.41) is 20.2. The minimum Gasteiger partial charge on any atom is -0.453 e. The predicted molar refractivity (Wildman–Crippen MR) is 95.3 cm³/mol. The lowest BCUT2D eigenvalue weighted by molar-refractivity contribution is 0.0331. The molecule has 1 atom stereocenters. The number of hydrogen-bond donors (Lipinski definition) is 1. The van der Waals surface area contributed by atoms with Crippen molar-refractivity contribution in [1.82, 2.24) is 20.0 Å². The van der Waals surface area contributed by atoms with E-state index in [0.29, 0.717) is 11.3 Å². The van der Waals surface area contributed by atoms with E-state index < -0.39 is 12.1 Å². The number of nitrogens with one attached hydrogen (secondary N) is 1. The molecule has 2 aromatic heterocycles. The van der Waals surface area contributed by atoms with Gasteiger partial charge in [-0.1, -0.05) is 12.1 Å². The van der Waals surface area contributed by atoms with Crippen LogP contribution in [-0.2, 0) is 11.8 Å². The van der Waals surface area contributed by atoms with Gasteiger partial charge in [-0.3, -0.25) is 9.78 Å². The number of nitriles is 1. The molecule has 0 fully saturated rings. The smallest absolute Gasteiger partial charge is 0.356 e. The van der Waals surface area contributed by atoms with E-state index in [0.717, 1.165) is 22.5 Å². The summed E-state index contributed by atoms with van der Waals surface area (Å²) in [6, 6.07) is 10.7. The van der Waals surface area contributed by atoms with Crippen molar-refractivity contribution >= 4 is 5.97 Å². The summed E-state index contributed by atoms with van der Waals surface area (Å²) >= 11 is 0. The lowest BCUT2D eigenvalue weighted by Crippen LogP contribution is -2.09. The second-order valence-corrected chi connectivity index (χ2v) is 6.12. The van der Waals surface area contributed by atoms with Crippen molar-refractivity contribution in [2.24, 2.45) is 7.05 Å². The van der Waals surface area contributed by atoms with Crippen molar-refractivity contribution in [2.45, 2.75) is 26.9 Å². The molecule has 0 unspecified atom stereocenters. The largest absolute Gasteiger partial charge is 0.453 e. The summed E-state index contributed by atoms with van der Waals surface area (Å²) in [6.07, 6.45) is -0.441. The van der Waals surface area contributed by atoms with Gasteiger partial charge in [-0.2, -0.15) is 15.5 Å². The van der Waals surface area contributed by atoms with Gasteiger partial charge in [0.2, 0.25) is 0 Å². The van der Waals surface area contributed by atoms with Crippen molar-refractivity contribution in [1.29, 1.82) is 5.26 Å². The van der Waals surface area contributed by atoms with E-state index >= 15 is 0 Å². The average molecular weight is 349 g/mol. The molecule has 0 saturated carbocycles. The Balaban J connectivity index is 1.76. The molecule has 3 rings (SSSR count). The van der Waals surface area contributed by atoms with Gasteiger partial charge < -0.3 is 4.74 Å². The van der Waals surface area contributed by atoms with Crippen molar-refractivity contribution in [2.75, 3.05) is 0 Å². The minimum atomic E-state index is -0.486. The van der Waals surface area contributed by atoms with Crippen LogP contribution < -0.4 is 0 Å². The van der Waals surface area contributed by atoms with Crippen LogP contribution in [0.4, 0.5) is 0 Å². The Morgan fingerprint density at radius 2 is 2.00 bits per heavy atom. The Morgan fingerprint density at radius 3 is 2.58 bits per heavy atom. The Labute approximate surface area is 151 Å². The predicted octanol–water partition coefficient (Wildman–Crippen LogP) is 3.22. The van der Waals surface area contributed by atoms with Crippen LogP contribution in [0.25, 0.3) is 11.3 Å². The lowest BCUT2D eigenvalue weighted by Gasteiger charge is -2.12. The number of rotatable bonds is 4. The SMILES string of the molecule is Cc1nn(C)c(C)c1-c1cc(C(=O)O[C@H](C)c2ccc(C#N)cc2)[nH]n1. The van der Waals surface area contributed by atoms with Crippen LogP contribution in [0.3, 0.4) is 0 Å². The summed E-state index contributed by atoms with van der Waals surface area (Å²) in [7, 11) is 1.87. The normalized spacial score (nSPS) is 11.8. The van der Waals surface area contributed by atoms with Crippen molar-refractivity contribution in [3.8, 4) is 17.3 Å². The fourth-order valence-corrected chi connectivity index (χ4v) is 2.82. The topological polar surface area (TPSA) is 96.6 Å². The zero-order valence-electron chi connectivity index (χ0n) is 15.1. The summed E-state index contributed by atoms with van der Waals surface area (Å²) in [5.41, 5.74) is 5.04. The maximum absolute atomic E-state index is 12.4. The summed E-state index contributed by atoms with van der Waals surface area (Å²) in [6.45, 7) is 5.64. The van der Waals surface area contributed by atoms with E-state index in [1.54, 1.807) is 41.9 Å². The second-order valence-electron chi connectivity index (χ2n) is 6.12. The number of aryl methyl sites for hydroxylation is 2. The Morgan fingerprint density at radius 1 is 1.31 bits per heavy atom. The number of benzene rings is 1. The van der Waals surface area contributed by atoms with Gasteiger partial charge in [0.15, 0.2) is 0 Å². The third-order valence-electron chi connectivity index (χ3n) is 4.36. The highest BCUT2D eigenvalue weighted by molar-refractivity contribution is 5.89. The quantitative estimate of drug-likeness (QED) is 0.730. The van der Waals surface area contributed by atoms with Crippen LogP contribution in [0.2, 0.25) is 0 Å². The highest BCUT2D eigenvalue weighted by Gasteiger charge is 2.19. The van der Waals surface area contributed by atoms with E-state index in [1.165, 1.54) is 0 Å². The molecule has 1 N–H and O–H groups in total. The molecule has 0 aliphatic carbocycles. The highest BCUT2D eigenvalue weighted by Crippen LogP contribution is 2.26. The molecule has 3 aromatic rings. The third-order valence-corrected chi connectivity index (χ3v) is 4.36. The number of hydrogen-bond acceptors (Lipinski definition) is 5. The Bertz CT molecular complexity index is 992. The number of aromatic nitrogens is 4. The van der Waals surface area contributed by atoms with Gasteiger partial charge in [0.1, 0.15) is 11.8 Å². The highest BCUT2D eigenvalue weighted by atomic mass is 16.5. The van der Waals surface area contributed by atoms with E-state index in [1.807, 2.05) is 20.9 Å². The van der Waals surface area contributed by atoms with E-state index in [2.05, 4.69) is 21.4 Å². The number of carbonyl (C=O) groups excluding carboxylic acids is 1. The molecular weight excluding hydrogens is 330 g/mol. The van der Waals surface area contributed by atoms with Gasteiger partial charge in [0.25, 0.3) is 0 Å². The first-order valence-electron chi connectivity index (χ1n) is 8.17. The van der Waals surface area contributed by atoms with Gasteiger partial charge in [0, 0.05) is 18.3 Å². The second kappa shape index (κ2) is 6.84. The lowest BCUT2D eigenvalue weighted by atomic mass is 10.1. The molecule has 0 saturated heterocycles. The zero-order chi connectivity index (χ0) is 18.8. The number of carbonyl (C=O) groups is 1. The van der Waals surface area contributed by atoms with Gasteiger partial charge in [-0.15, -0.1) is 0 Å². The molecule has 0 aliphatic rings. The van der Waals surface area contributed by atoms with Gasteiger partial charge in [0.05, 0.1) is 23.0 Å². The molecule has 132 valence electrons. The number of esters is 1. The molecular formula is C19H19N5O2. The first-order chi connectivity index (χ1) is 12.4. The number of aromatic amines is 1. The monoisotopic (exact) mass is 349 g/mol. The van der Waals surface area contributed by atoms with Crippen LogP contribution in [0, 0.1) is 25.2 Å². The Hall–Kier alpha value is -3.40. The first-order valence-corrected chi connectivity index (χ1v) is 8.17. The molecule has 1 aromatic carbocycles. The van der Waals surface area contributed by atoms with Gasteiger partial charge in [-0.05, 0) is 44.5 Å². The standard InChI is InChI=1S/C19H19N5O2/c1-11-18(12(2)24(4)23-11)16-9-17(22-21-16)19(25)26-13(3)15-7-5-14(10-20)6-8-15/h5-9,13H,1-4H3,(H,21,22)/t13-/m1/s1. The zero-order valence-corrected chi connectivity index (χ0v) is 15.1. The van der Waals surface area contributed by atoms with E-state index in [-0.39, 0.29) is 5.69 Å². The van der Waals surface area contributed by atoms with Gasteiger partial charge in [-0.25, -0.2) is 4.79 Å². The molecule has 0 amide bonds. The fourth-order valence-electron chi connectivity index (χ4n) is 2.82. The average Bonchev–Trinajstić information content (AvgIpc) is 3.20. The van der Waals surface area contributed by atoms with Crippen LogP contribution in [0.15, 0.2) is 30.3 Å². The fraction of sp³-hybridized carbons (Fsp3) is 0.263. The van der Waals surface area contributed by atoms with Crippen molar-refractivity contribution < 1.29 is 9.53 Å². The molecule has 7 heteroatoms. The maximum Gasteiger partial charge on any atom is 0.356 e. The maximum atomic E-state index is 12.4. The first kappa shape index (κ1) is 17.4. The number of ether oxygens (including phenoxy) is 1. The Kier molecular flexibility index (Phi) is 4.59. The summed E-state index contributed by atoms with van der Waals surface area (Å²) < 4.78 is 7.28. The van der Waals surface area contributed by atoms with Crippen LogP contribution in [0.1, 0.15) is 46.0 Å². The van der Waals surface area contributed by atoms with Crippen LogP contribution >= 0.6 is 0 Å². The summed E-state index contributed by atoms with van der Waals surface area (Å²) in [5.74, 6) is -0.486. The van der Waals surface area contributed by atoms with Crippen LogP contribution in [-0.4, -0.2) is 25.9 Å². The molecule has 2 heterocycles. The molecule has 26 heavy (non-hydrogen) atoms. The van der Waals surface area contributed by atoms with Crippen molar-refractivity contribution in [3.63, 3.8) is 0 Å². The van der Waals surface area contributed by atoms with E-state index in [9.17, 15) is 4.79 Å². The van der Waals surface area contributed by atoms with Gasteiger partial charge >= 0.3 is 5.97 Å². The van der Waals surface area contributed by atoms with Crippen LogP contribution in [0.5, 0.6) is 0 Å². The third kappa shape index (κ3) is 3.22. The van der Waals surface area contributed by atoms with E-state index in [4.69, 9.17) is 10.00 Å². The number of H-pyrrole nitrogens is 1. The molecule has 7 nitrogen and oxygen atoms in total. The molecule has 0 radical (unpaired) electrons. The molecule has 0 bridgehead atoms. The number of nitrogens with zero attached hydrogens (tertiary/aromatic N) is 4. The molecule has 0 spiro atoms. The minimum absolute atomic E-state index is 0.281. The van der Waals surface area contributed by atoms with Crippen molar-refractivity contribution in [3.05, 3.63) is 58.5 Å². The molecule has 0 aliphatic heterocycles.